The number of aromatic nitrogens is 5. The van der Waals surface area contributed by atoms with Gasteiger partial charge in [0.2, 0.25) is 5.89 Å². The van der Waals surface area contributed by atoms with Crippen molar-refractivity contribution in [1.29, 1.82) is 0 Å². The van der Waals surface area contributed by atoms with Crippen molar-refractivity contribution in [3.05, 3.63) is 42.5 Å². The van der Waals surface area contributed by atoms with E-state index in [1.807, 2.05) is 23.6 Å². The SMILES string of the molecule is C=CCn1c(SCc2nc(CCC)no2)nnc1-c1ccoc1C. The van der Waals surface area contributed by atoms with Crippen LogP contribution < -0.4 is 0 Å². The van der Waals surface area contributed by atoms with Crippen LogP contribution in [0, 0.1) is 6.92 Å². The molecule has 0 radical (unpaired) electrons. The molecule has 0 saturated carbocycles. The molecule has 0 aliphatic heterocycles. The zero-order chi connectivity index (χ0) is 16.9. The summed E-state index contributed by atoms with van der Waals surface area (Å²) >= 11 is 1.51. The molecule has 3 rings (SSSR count). The molecule has 7 nitrogen and oxygen atoms in total. The minimum absolute atomic E-state index is 0.552. The summed E-state index contributed by atoms with van der Waals surface area (Å²) in [6.45, 7) is 8.42. The van der Waals surface area contributed by atoms with Crippen LogP contribution in [0.1, 0.15) is 30.8 Å². The summed E-state index contributed by atoms with van der Waals surface area (Å²) in [5.74, 6) is 3.47. The fourth-order valence-corrected chi connectivity index (χ4v) is 3.09. The number of rotatable bonds is 8. The van der Waals surface area contributed by atoms with Gasteiger partial charge in [-0.2, -0.15) is 4.98 Å². The maximum Gasteiger partial charge on any atom is 0.237 e. The summed E-state index contributed by atoms with van der Waals surface area (Å²) in [6.07, 6.45) is 5.29. The molecule has 0 amide bonds. The van der Waals surface area contributed by atoms with Crippen molar-refractivity contribution in [1.82, 2.24) is 24.9 Å². The van der Waals surface area contributed by atoms with Gasteiger partial charge in [0.1, 0.15) is 5.76 Å². The van der Waals surface area contributed by atoms with Crippen molar-refractivity contribution < 1.29 is 8.94 Å². The smallest absolute Gasteiger partial charge is 0.237 e. The molecule has 8 heteroatoms. The van der Waals surface area contributed by atoms with Crippen LogP contribution in [-0.4, -0.2) is 24.9 Å². The topological polar surface area (TPSA) is 82.8 Å². The van der Waals surface area contributed by atoms with E-state index in [9.17, 15) is 0 Å². The van der Waals surface area contributed by atoms with Crippen LogP contribution in [0.4, 0.5) is 0 Å². The van der Waals surface area contributed by atoms with E-state index in [1.54, 1.807) is 6.26 Å². The van der Waals surface area contributed by atoms with Gasteiger partial charge in [-0.25, -0.2) is 0 Å². The van der Waals surface area contributed by atoms with Gasteiger partial charge in [0, 0.05) is 13.0 Å². The van der Waals surface area contributed by atoms with Crippen LogP contribution in [0.2, 0.25) is 0 Å². The number of aryl methyl sites for hydroxylation is 2. The molecule has 0 spiro atoms. The molecule has 0 saturated heterocycles. The Morgan fingerprint density at radius 1 is 1.38 bits per heavy atom. The first kappa shape index (κ1) is 16.5. The molecule has 3 aromatic heterocycles. The first-order chi connectivity index (χ1) is 11.7. The van der Waals surface area contributed by atoms with Crippen LogP contribution in [0.5, 0.6) is 0 Å². The number of nitrogens with zero attached hydrogens (tertiary/aromatic N) is 5. The molecule has 0 aliphatic carbocycles. The molecule has 0 aromatic carbocycles. The lowest BCUT2D eigenvalue weighted by Gasteiger charge is -2.06. The molecule has 0 atom stereocenters. The van der Waals surface area contributed by atoms with Gasteiger partial charge in [0.25, 0.3) is 0 Å². The summed E-state index contributed by atoms with van der Waals surface area (Å²) in [6, 6.07) is 1.89. The van der Waals surface area contributed by atoms with E-state index >= 15 is 0 Å². The largest absolute Gasteiger partial charge is 0.469 e. The van der Waals surface area contributed by atoms with Crippen molar-refractivity contribution in [3.8, 4) is 11.4 Å². The lowest BCUT2D eigenvalue weighted by Crippen LogP contribution is -2.01. The number of allylic oxidation sites excluding steroid dienone is 1. The van der Waals surface area contributed by atoms with E-state index in [1.165, 1.54) is 11.8 Å². The highest BCUT2D eigenvalue weighted by Crippen LogP contribution is 2.28. The van der Waals surface area contributed by atoms with Gasteiger partial charge < -0.3 is 8.94 Å². The molecule has 0 unspecified atom stereocenters. The second-order valence-electron chi connectivity index (χ2n) is 5.24. The molecule has 24 heavy (non-hydrogen) atoms. The average molecular weight is 345 g/mol. The summed E-state index contributed by atoms with van der Waals surface area (Å²) in [7, 11) is 0. The van der Waals surface area contributed by atoms with E-state index in [4.69, 9.17) is 8.94 Å². The summed E-state index contributed by atoms with van der Waals surface area (Å²) < 4.78 is 12.6. The zero-order valence-electron chi connectivity index (χ0n) is 13.7. The van der Waals surface area contributed by atoms with Crippen molar-refractivity contribution in [2.45, 2.75) is 44.1 Å². The van der Waals surface area contributed by atoms with Crippen LogP contribution in [0.3, 0.4) is 0 Å². The fourth-order valence-electron chi connectivity index (χ4n) is 2.31. The summed E-state index contributed by atoms with van der Waals surface area (Å²) in [5, 5.41) is 13.3. The molecule has 0 aliphatic rings. The molecule has 0 fully saturated rings. The van der Waals surface area contributed by atoms with Crippen LogP contribution in [0.15, 0.2) is 39.1 Å². The monoisotopic (exact) mass is 345 g/mol. The lowest BCUT2D eigenvalue weighted by molar-refractivity contribution is 0.384. The van der Waals surface area contributed by atoms with Gasteiger partial charge >= 0.3 is 0 Å². The van der Waals surface area contributed by atoms with Crippen LogP contribution in [0.25, 0.3) is 11.4 Å². The first-order valence-electron chi connectivity index (χ1n) is 7.75. The van der Waals surface area contributed by atoms with Crippen molar-refractivity contribution in [3.63, 3.8) is 0 Å². The third-order valence-electron chi connectivity index (χ3n) is 3.44. The maximum atomic E-state index is 5.37. The minimum atomic E-state index is 0.552. The second kappa shape index (κ2) is 7.48. The van der Waals surface area contributed by atoms with Crippen LogP contribution >= 0.6 is 11.8 Å². The highest BCUT2D eigenvalue weighted by molar-refractivity contribution is 7.98. The predicted molar refractivity (Wildman–Crippen MR) is 90.5 cm³/mol. The maximum absolute atomic E-state index is 5.37. The van der Waals surface area contributed by atoms with E-state index in [2.05, 4.69) is 33.8 Å². The molecule has 0 N–H and O–H groups in total. The Hall–Kier alpha value is -2.35. The Morgan fingerprint density at radius 2 is 2.25 bits per heavy atom. The third kappa shape index (κ3) is 3.43. The number of hydrogen-bond acceptors (Lipinski definition) is 7. The summed E-state index contributed by atoms with van der Waals surface area (Å²) in [5.41, 5.74) is 0.930. The average Bonchev–Trinajstić information content (AvgIpc) is 3.27. The molecular formula is C16H19N5O2S. The van der Waals surface area contributed by atoms with E-state index in [-0.39, 0.29) is 0 Å². The standard InChI is InChI=1S/C16H19N5O2S/c1-4-6-13-17-14(23-20-13)10-24-16-19-18-15(21(16)8-5-2)12-7-9-22-11(12)3/h5,7,9H,2,4,6,8,10H2,1,3H3. The fraction of sp³-hybridized carbons (Fsp3) is 0.375. The Morgan fingerprint density at radius 3 is 2.96 bits per heavy atom. The van der Waals surface area contributed by atoms with Gasteiger partial charge in [-0.15, -0.1) is 16.8 Å². The number of thioether (sulfide) groups is 1. The van der Waals surface area contributed by atoms with Crippen molar-refractivity contribution in [2.24, 2.45) is 0 Å². The van der Waals surface area contributed by atoms with Gasteiger partial charge in [-0.3, -0.25) is 4.57 Å². The Bertz CT molecular complexity index is 820. The number of hydrogen-bond donors (Lipinski definition) is 0. The molecule has 0 bridgehead atoms. The Labute approximate surface area is 144 Å². The molecule has 3 heterocycles. The van der Waals surface area contributed by atoms with Gasteiger partial charge in [0.05, 0.1) is 17.6 Å². The van der Waals surface area contributed by atoms with Crippen LogP contribution in [-0.2, 0) is 18.7 Å². The molecule has 126 valence electrons. The van der Waals surface area contributed by atoms with E-state index in [0.717, 1.165) is 41.0 Å². The third-order valence-corrected chi connectivity index (χ3v) is 4.39. The lowest BCUT2D eigenvalue weighted by atomic mass is 10.2. The Balaban J connectivity index is 1.79. The predicted octanol–water partition coefficient (Wildman–Crippen LogP) is 3.66. The highest BCUT2D eigenvalue weighted by Gasteiger charge is 2.17. The van der Waals surface area contributed by atoms with Gasteiger partial charge in [-0.05, 0) is 19.4 Å². The van der Waals surface area contributed by atoms with Crippen molar-refractivity contribution >= 4 is 11.8 Å². The minimum Gasteiger partial charge on any atom is -0.469 e. The highest BCUT2D eigenvalue weighted by atomic mass is 32.2. The molecular weight excluding hydrogens is 326 g/mol. The first-order valence-corrected chi connectivity index (χ1v) is 8.74. The quantitative estimate of drug-likeness (QED) is 0.455. The van der Waals surface area contributed by atoms with Gasteiger partial charge in [-0.1, -0.05) is 29.9 Å². The summed E-state index contributed by atoms with van der Waals surface area (Å²) in [4.78, 5) is 4.37. The Kier molecular flexibility index (Phi) is 5.14. The normalized spacial score (nSPS) is 11.1. The zero-order valence-corrected chi connectivity index (χ0v) is 14.5. The van der Waals surface area contributed by atoms with Crippen molar-refractivity contribution in [2.75, 3.05) is 0 Å². The molecule has 3 aromatic rings. The van der Waals surface area contributed by atoms with Gasteiger partial charge in [0.15, 0.2) is 16.8 Å². The second-order valence-corrected chi connectivity index (χ2v) is 6.18. The van der Waals surface area contributed by atoms with E-state index < -0.39 is 0 Å². The van der Waals surface area contributed by atoms with E-state index in [0.29, 0.717) is 18.2 Å². The number of furan rings is 1.